The lowest BCUT2D eigenvalue weighted by Gasteiger charge is -2.36. The normalized spacial score (nSPS) is 17.6. The number of amides is 1. The minimum Gasteiger partial charge on any atom is -0.494 e. The smallest absolute Gasteiger partial charge is 0.292 e. The number of ether oxygens (including phenoxy) is 1. The third-order valence-corrected chi connectivity index (χ3v) is 6.27. The zero-order valence-corrected chi connectivity index (χ0v) is 18.6. The SMILES string of the molecule is CCCOc1ccc(C=C2SC(N3CCN(c4ccccc4[N+](=O)[O-])CC3)=NC2=O)cc1. The number of nitro groups is 1. The van der Waals surface area contributed by atoms with Gasteiger partial charge in [-0.3, -0.25) is 14.9 Å². The molecule has 2 aromatic rings. The van der Waals surface area contributed by atoms with Crippen molar-refractivity contribution >= 4 is 40.3 Å². The number of carbonyl (C=O) groups is 1. The standard InChI is InChI=1S/C23H24N4O4S/c1-2-15-31-18-9-7-17(8-10-18)16-21-22(28)24-23(32-21)26-13-11-25(12-14-26)19-5-3-4-6-20(19)27(29)30/h3-10,16H,2,11-15H2,1H3. The first-order valence-corrected chi connectivity index (χ1v) is 11.4. The number of amidine groups is 1. The Balaban J connectivity index is 1.37. The third kappa shape index (κ3) is 4.94. The molecule has 1 fully saturated rings. The Morgan fingerprint density at radius 2 is 1.78 bits per heavy atom. The first kappa shape index (κ1) is 21.9. The van der Waals surface area contributed by atoms with Crippen molar-refractivity contribution in [2.45, 2.75) is 13.3 Å². The van der Waals surface area contributed by atoms with Gasteiger partial charge in [0.1, 0.15) is 11.4 Å². The van der Waals surface area contributed by atoms with Crippen molar-refractivity contribution in [1.29, 1.82) is 0 Å². The maximum atomic E-state index is 12.4. The molecule has 2 aliphatic rings. The number of piperazine rings is 1. The number of aliphatic imine (C=N–C) groups is 1. The molecular weight excluding hydrogens is 428 g/mol. The molecule has 0 aromatic heterocycles. The Labute approximate surface area is 190 Å². The van der Waals surface area contributed by atoms with Gasteiger partial charge < -0.3 is 14.5 Å². The van der Waals surface area contributed by atoms with Crippen molar-refractivity contribution < 1.29 is 14.5 Å². The Hall–Kier alpha value is -3.33. The predicted octanol–water partition coefficient (Wildman–Crippen LogP) is 4.18. The van der Waals surface area contributed by atoms with Crippen molar-refractivity contribution in [1.82, 2.24) is 4.90 Å². The van der Waals surface area contributed by atoms with E-state index in [0.717, 1.165) is 17.7 Å². The van der Waals surface area contributed by atoms with E-state index in [9.17, 15) is 14.9 Å². The molecule has 0 aliphatic carbocycles. The molecule has 0 N–H and O–H groups in total. The largest absolute Gasteiger partial charge is 0.494 e. The van der Waals surface area contributed by atoms with E-state index in [-0.39, 0.29) is 16.5 Å². The molecule has 0 radical (unpaired) electrons. The highest BCUT2D eigenvalue weighted by Gasteiger charge is 2.30. The molecule has 32 heavy (non-hydrogen) atoms. The summed E-state index contributed by atoms with van der Waals surface area (Å²) in [5.74, 6) is 0.574. The number of thioether (sulfide) groups is 1. The minimum atomic E-state index is -0.350. The lowest BCUT2D eigenvalue weighted by Crippen LogP contribution is -2.48. The molecule has 0 bridgehead atoms. The molecular formula is C23H24N4O4S. The summed E-state index contributed by atoms with van der Waals surface area (Å²) in [7, 11) is 0. The average molecular weight is 453 g/mol. The van der Waals surface area contributed by atoms with E-state index in [2.05, 4.69) is 16.8 Å². The van der Waals surface area contributed by atoms with E-state index >= 15 is 0 Å². The number of rotatable bonds is 6. The van der Waals surface area contributed by atoms with Crippen LogP contribution in [-0.2, 0) is 4.79 Å². The van der Waals surface area contributed by atoms with Crippen molar-refractivity contribution in [3.8, 4) is 5.75 Å². The lowest BCUT2D eigenvalue weighted by atomic mass is 10.2. The van der Waals surface area contributed by atoms with Gasteiger partial charge in [-0.2, -0.15) is 4.99 Å². The van der Waals surface area contributed by atoms with Gasteiger partial charge in [0, 0.05) is 32.2 Å². The van der Waals surface area contributed by atoms with Gasteiger partial charge >= 0.3 is 0 Å². The van der Waals surface area contributed by atoms with Gasteiger partial charge in [0.25, 0.3) is 11.6 Å². The molecule has 2 aliphatic heterocycles. The quantitative estimate of drug-likeness (QED) is 0.369. The summed E-state index contributed by atoms with van der Waals surface area (Å²) >= 11 is 1.37. The van der Waals surface area contributed by atoms with Crippen LogP contribution < -0.4 is 9.64 Å². The maximum absolute atomic E-state index is 12.4. The van der Waals surface area contributed by atoms with Gasteiger partial charge in [0.2, 0.25) is 0 Å². The molecule has 0 atom stereocenters. The Morgan fingerprint density at radius 3 is 2.47 bits per heavy atom. The molecule has 2 heterocycles. The zero-order chi connectivity index (χ0) is 22.5. The number of para-hydroxylation sites is 2. The van der Waals surface area contributed by atoms with Crippen LogP contribution in [0.25, 0.3) is 6.08 Å². The summed E-state index contributed by atoms with van der Waals surface area (Å²) in [6.07, 6.45) is 2.80. The summed E-state index contributed by atoms with van der Waals surface area (Å²) in [4.78, 5) is 32.3. The van der Waals surface area contributed by atoms with Crippen LogP contribution in [0.4, 0.5) is 11.4 Å². The molecule has 0 saturated carbocycles. The predicted molar refractivity (Wildman–Crippen MR) is 127 cm³/mol. The van der Waals surface area contributed by atoms with Gasteiger partial charge in [-0.1, -0.05) is 31.2 Å². The maximum Gasteiger partial charge on any atom is 0.292 e. The second kappa shape index (κ2) is 9.86. The number of anilines is 1. The second-order valence-corrected chi connectivity index (χ2v) is 8.46. The minimum absolute atomic E-state index is 0.111. The number of nitrogens with zero attached hydrogens (tertiary/aromatic N) is 4. The molecule has 9 heteroatoms. The van der Waals surface area contributed by atoms with E-state index in [1.807, 2.05) is 41.3 Å². The summed E-state index contributed by atoms with van der Waals surface area (Å²) in [5.41, 5.74) is 1.66. The van der Waals surface area contributed by atoms with Crippen LogP contribution in [0.2, 0.25) is 0 Å². The van der Waals surface area contributed by atoms with Crippen LogP contribution in [0.15, 0.2) is 58.4 Å². The van der Waals surface area contributed by atoms with E-state index in [1.165, 1.54) is 17.8 Å². The monoisotopic (exact) mass is 452 g/mol. The molecule has 166 valence electrons. The number of hydrogen-bond donors (Lipinski definition) is 0. The van der Waals surface area contributed by atoms with Crippen molar-refractivity contribution in [2.75, 3.05) is 37.7 Å². The fourth-order valence-corrected chi connectivity index (χ4v) is 4.55. The van der Waals surface area contributed by atoms with E-state index < -0.39 is 0 Å². The van der Waals surface area contributed by atoms with Gasteiger partial charge in [-0.15, -0.1) is 0 Å². The second-order valence-electron chi connectivity index (χ2n) is 7.45. The first-order valence-electron chi connectivity index (χ1n) is 10.5. The van der Waals surface area contributed by atoms with Crippen LogP contribution >= 0.6 is 11.8 Å². The van der Waals surface area contributed by atoms with Crippen LogP contribution in [0.3, 0.4) is 0 Å². The fraction of sp³-hybridized carbons (Fsp3) is 0.304. The molecule has 2 aromatic carbocycles. The van der Waals surface area contributed by atoms with E-state index in [0.29, 0.717) is 48.5 Å². The van der Waals surface area contributed by atoms with Crippen molar-refractivity contribution in [3.63, 3.8) is 0 Å². The van der Waals surface area contributed by atoms with Crippen molar-refractivity contribution in [3.05, 3.63) is 69.1 Å². The number of nitro benzene ring substituents is 1. The summed E-state index contributed by atoms with van der Waals surface area (Å²) in [5, 5.41) is 12.0. The van der Waals surface area contributed by atoms with Crippen molar-refractivity contribution in [2.24, 2.45) is 4.99 Å². The highest BCUT2D eigenvalue weighted by Crippen LogP contribution is 2.33. The van der Waals surface area contributed by atoms with E-state index in [1.54, 1.807) is 12.1 Å². The molecule has 1 amide bonds. The lowest BCUT2D eigenvalue weighted by molar-refractivity contribution is -0.384. The summed E-state index contributed by atoms with van der Waals surface area (Å²) < 4.78 is 5.60. The highest BCUT2D eigenvalue weighted by molar-refractivity contribution is 8.18. The summed E-state index contributed by atoms with van der Waals surface area (Å²) in [6, 6.07) is 14.4. The van der Waals surface area contributed by atoms with Gasteiger partial charge in [-0.05, 0) is 48.0 Å². The number of hydrogen-bond acceptors (Lipinski definition) is 7. The zero-order valence-electron chi connectivity index (χ0n) is 17.8. The fourth-order valence-electron chi connectivity index (χ4n) is 3.59. The molecule has 8 nitrogen and oxygen atoms in total. The van der Waals surface area contributed by atoms with Crippen LogP contribution in [0, 0.1) is 10.1 Å². The first-order chi connectivity index (χ1) is 15.5. The Bertz CT molecular complexity index is 1060. The number of carbonyl (C=O) groups excluding carboxylic acids is 1. The van der Waals surface area contributed by atoms with Gasteiger partial charge in [0.15, 0.2) is 5.17 Å². The number of benzene rings is 2. The molecule has 1 saturated heterocycles. The highest BCUT2D eigenvalue weighted by atomic mass is 32.2. The molecule has 0 unspecified atom stereocenters. The van der Waals surface area contributed by atoms with Crippen LogP contribution in [-0.4, -0.2) is 53.7 Å². The Kier molecular flexibility index (Phi) is 6.75. The third-order valence-electron chi connectivity index (χ3n) is 5.23. The van der Waals surface area contributed by atoms with Crippen LogP contribution in [0.5, 0.6) is 5.75 Å². The topological polar surface area (TPSA) is 88.3 Å². The summed E-state index contributed by atoms with van der Waals surface area (Å²) in [6.45, 7) is 5.26. The Morgan fingerprint density at radius 1 is 1.09 bits per heavy atom. The average Bonchev–Trinajstić information content (AvgIpc) is 3.18. The molecule has 0 spiro atoms. The van der Waals surface area contributed by atoms with Crippen LogP contribution in [0.1, 0.15) is 18.9 Å². The van der Waals surface area contributed by atoms with Gasteiger partial charge in [-0.25, -0.2) is 0 Å². The van der Waals surface area contributed by atoms with E-state index in [4.69, 9.17) is 4.74 Å². The molecule has 4 rings (SSSR count). The van der Waals surface area contributed by atoms with Gasteiger partial charge in [0.05, 0.1) is 16.4 Å².